The van der Waals surface area contributed by atoms with E-state index in [0.717, 1.165) is 0 Å². The van der Waals surface area contributed by atoms with Gasteiger partial charge in [0.05, 0.1) is 25.2 Å². The number of ether oxygens (including phenoxy) is 2. The molecule has 1 aliphatic heterocycles. The molecule has 1 saturated heterocycles. The number of hydrogen-bond acceptors (Lipinski definition) is 7. The molecule has 10 heteroatoms. The molecule has 3 rings (SSSR count). The summed E-state index contributed by atoms with van der Waals surface area (Å²) in [5, 5.41) is 0. The van der Waals surface area contributed by atoms with Gasteiger partial charge in [0, 0.05) is 19.2 Å². The van der Waals surface area contributed by atoms with E-state index in [1.165, 1.54) is 47.8 Å². The minimum Gasteiger partial charge on any atom is -0.497 e. The maximum absolute atomic E-state index is 12.6. The van der Waals surface area contributed by atoms with Crippen molar-refractivity contribution in [3.05, 3.63) is 48.5 Å². The van der Waals surface area contributed by atoms with Gasteiger partial charge < -0.3 is 13.7 Å². The highest BCUT2D eigenvalue weighted by atomic mass is 32.2. The zero-order chi connectivity index (χ0) is 19.5. The number of hydrogen-bond donors (Lipinski definition) is 0. The lowest BCUT2D eigenvalue weighted by Gasteiger charge is -2.26. The van der Waals surface area contributed by atoms with Gasteiger partial charge in [0.25, 0.3) is 0 Å². The van der Waals surface area contributed by atoms with Crippen LogP contribution in [0.2, 0.25) is 0 Å². The second-order valence-electron chi connectivity index (χ2n) is 5.70. The van der Waals surface area contributed by atoms with Gasteiger partial charge in [-0.3, -0.25) is 0 Å². The predicted octanol–water partition coefficient (Wildman–Crippen LogP) is 1.48. The lowest BCUT2D eigenvalue weighted by atomic mass is 10.3. The summed E-state index contributed by atoms with van der Waals surface area (Å²) in [7, 11) is -6.34. The summed E-state index contributed by atoms with van der Waals surface area (Å²) >= 11 is 0. The molecule has 1 aliphatic rings. The van der Waals surface area contributed by atoms with Crippen LogP contribution in [-0.2, 0) is 24.9 Å². The van der Waals surface area contributed by atoms with Gasteiger partial charge in [-0.15, -0.1) is 0 Å². The van der Waals surface area contributed by atoms with Crippen LogP contribution in [0.1, 0.15) is 0 Å². The van der Waals surface area contributed by atoms with Crippen molar-refractivity contribution in [1.29, 1.82) is 0 Å². The van der Waals surface area contributed by atoms with Gasteiger partial charge in [-0.1, -0.05) is 6.07 Å². The maximum atomic E-state index is 12.6. The van der Waals surface area contributed by atoms with Gasteiger partial charge in [-0.2, -0.15) is 12.7 Å². The Labute approximate surface area is 158 Å². The third-order valence-electron chi connectivity index (χ3n) is 3.97. The highest BCUT2D eigenvalue weighted by Crippen LogP contribution is 2.24. The van der Waals surface area contributed by atoms with Crippen molar-refractivity contribution in [1.82, 2.24) is 4.31 Å². The first-order chi connectivity index (χ1) is 12.8. The Balaban J connectivity index is 1.81. The molecule has 8 nitrogen and oxygen atoms in total. The Morgan fingerprint density at radius 1 is 0.889 bits per heavy atom. The minimum absolute atomic E-state index is 0.0183. The van der Waals surface area contributed by atoms with Crippen molar-refractivity contribution >= 4 is 20.1 Å². The van der Waals surface area contributed by atoms with E-state index in [2.05, 4.69) is 0 Å². The molecule has 2 aromatic rings. The second kappa shape index (κ2) is 7.85. The number of sulfonamides is 1. The van der Waals surface area contributed by atoms with E-state index in [1.807, 2.05) is 0 Å². The first-order valence-corrected chi connectivity index (χ1v) is 10.9. The van der Waals surface area contributed by atoms with Gasteiger partial charge in [0.1, 0.15) is 16.4 Å². The van der Waals surface area contributed by atoms with Crippen molar-refractivity contribution in [3.63, 3.8) is 0 Å². The molecule has 0 saturated carbocycles. The molecule has 0 spiro atoms. The van der Waals surface area contributed by atoms with Crippen LogP contribution in [0.4, 0.5) is 0 Å². The fourth-order valence-electron chi connectivity index (χ4n) is 2.54. The van der Waals surface area contributed by atoms with Crippen molar-refractivity contribution in [2.45, 2.75) is 9.79 Å². The van der Waals surface area contributed by atoms with Gasteiger partial charge >= 0.3 is 10.1 Å². The van der Waals surface area contributed by atoms with Gasteiger partial charge in [-0.05, 0) is 36.4 Å². The van der Waals surface area contributed by atoms with Crippen LogP contribution in [0.15, 0.2) is 58.3 Å². The molecule has 27 heavy (non-hydrogen) atoms. The summed E-state index contributed by atoms with van der Waals surface area (Å²) in [6, 6.07) is 11.1. The largest absolute Gasteiger partial charge is 0.497 e. The van der Waals surface area contributed by atoms with Crippen LogP contribution in [0.3, 0.4) is 0 Å². The van der Waals surface area contributed by atoms with E-state index < -0.39 is 20.1 Å². The number of morpholine rings is 1. The van der Waals surface area contributed by atoms with E-state index in [0.29, 0.717) is 19.0 Å². The van der Waals surface area contributed by atoms with Gasteiger partial charge in [-0.25, -0.2) is 8.42 Å². The lowest BCUT2D eigenvalue weighted by molar-refractivity contribution is 0.0730. The Kier molecular flexibility index (Phi) is 5.70. The SMILES string of the molecule is COc1cccc(OS(=O)(=O)c2ccc(S(=O)(=O)N3CCOCC3)cc2)c1. The Bertz CT molecular complexity index is 996. The Morgan fingerprint density at radius 3 is 2.11 bits per heavy atom. The minimum atomic E-state index is -4.11. The summed E-state index contributed by atoms with van der Waals surface area (Å²) in [4.78, 5) is -0.129. The molecule has 2 aromatic carbocycles. The molecule has 0 radical (unpaired) electrons. The van der Waals surface area contributed by atoms with Crippen LogP contribution in [0.5, 0.6) is 11.5 Å². The summed E-state index contributed by atoms with van der Waals surface area (Å²) in [5.41, 5.74) is 0. The number of methoxy groups -OCH3 is 1. The molecule has 0 bridgehead atoms. The smallest absolute Gasteiger partial charge is 0.339 e. The van der Waals surface area contributed by atoms with Crippen LogP contribution < -0.4 is 8.92 Å². The molecule has 0 atom stereocenters. The van der Waals surface area contributed by atoms with Crippen LogP contribution >= 0.6 is 0 Å². The average molecular weight is 413 g/mol. The fourth-order valence-corrected chi connectivity index (χ4v) is 4.87. The topological polar surface area (TPSA) is 99.2 Å². The zero-order valence-corrected chi connectivity index (χ0v) is 16.2. The fraction of sp³-hybridized carbons (Fsp3) is 0.294. The molecule has 0 N–H and O–H groups in total. The molecular weight excluding hydrogens is 394 g/mol. The summed E-state index contributed by atoms with van der Waals surface area (Å²) < 4.78 is 66.6. The normalized spacial score (nSPS) is 16.0. The number of benzene rings is 2. The molecule has 1 fully saturated rings. The second-order valence-corrected chi connectivity index (χ2v) is 9.19. The third kappa shape index (κ3) is 4.41. The number of rotatable bonds is 6. The quantitative estimate of drug-likeness (QED) is 0.662. The lowest BCUT2D eigenvalue weighted by Crippen LogP contribution is -2.40. The summed E-state index contributed by atoms with van der Waals surface area (Å²) in [6.45, 7) is 1.20. The molecule has 0 unspecified atom stereocenters. The molecule has 146 valence electrons. The Morgan fingerprint density at radius 2 is 1.48 bits per heavy atom. The van der Waals surface area contributed by atoms with Crippen LogP contribution in [0.25, 0.3) is 0 Å². The van der Waals surface area contributed by atoms with E-state index in [1.54, 1.807) is 12.1 Å². The molecule has 0 amide bonds. The monoisotopic (exact) mass is 413 g/mol. The molecule has 1 heterocycles. The van der Waals surface area contributed by atoms with E-state index in [-0.39, 0.29) is 28.6 Å². The zero-order valence-electron chi connectivity index (χ0n) is 14.6. The third-order valence-corrected chi connectivity index (χ3v) is 7.14. The van der Waals surface area contributed by atoms with Gasteiger partial charge in [0.15, 0.2) is 0 Å². The predicted molar refractivity (Wildman–Crippen MR) is 96.8 cm³/mol. The van der Waals surface area contributed by atoms with E-state index >= 15 is 0 Å². The highest BCUT2D eigenvalue weighted by molar-refractivity contribution is 7.89. The van der Waals surface area contributed by atoms with Crippen LogP contribution in [0, 0.1) is 0 Å². The first-order valence-electron chi connectivity index (χ1n) is 8.09. The summed E-state index contributed by atoms with van der Waals surface area (Å²) in [5.74, 6) is 0.550. The Hall–Kier alpha value is -2.14. The molecule has 0 aliphatic carbocycles. The van der Waals surface area contributed by atoms with Crippen molar-refractivity contribution in [2.75, 3.05) is 33.4 Å². The number of nitrogens with zero attached hydrogens (tertiary/aromatic N) is 1. The van der Waals surface area contributed by atoms with E-state index in [9.17, 15) is 16.8 Å². The van der Waals surface area contributed by atoms with Crippen molar-refractivity contribution < 1.29 is 30.5 Å². The molecule has 0 aromatic heterocycles. The van der Waals surface area contributed by atoms with Crippen molar-refractivity contribution in [3.8, 4) is 11.5 Å². The average Bonchev–Trinajstić information content (AvgIpc) is 2.68. The molecular formula is C17H19NO7S2. The maximum Gasteiger partial charge on any atom is 0.339 e. The first kappa shape index (κ1) is 19.6. The summed E-state index contributed by atoms with van der Waals surface area (Å²) in [6.07, 6.45) is 0. The van der Waals surface area contributed by atoms with Crippen LogP contribution in [-0.4, -0.2) is 54.6 Å². The van der Waals surface area contributed by atoms with Crippen molar-refractivity contribution in [2.24, 2.45) is 0 Å². The van der Waals surface area contributed by atoms with Gasteiger partial charge in [0.2, 0.25) is 10.0 Å². The van der Waals surface area contributed by atoms with E-state index in [4.69, 9.17) is 13.7 Å². The standard InChI is InChI=1S/C17H19NO7S2/c1-23-14-3-2-4-15(13-14)25-27(21,22)17-7-5-16(6-8-17)26(19,20)18-9-11-24-12-10-18/h2-8,13H,9-12H2,1H3. The highest BCUT2D eigenvalue weighted by Gasteiger charge is 2.27.